The van der Waals surface area contributed by atoms with Crippen LogP contribution in [0, 0.1) is 5.82 Å². The van der Waals surface area contributed by atoms with Crippen LogP contribution in [0.2, 0.25) is 0 Å². The van der Waals surface area contributed by atoms with E-state index in [4.69, 9.17) is 9.26 Å². The molecule has 5 rings (SSSR count). The van der Waals surface area contributed by atoms with Gasteiger partial charge in [-0.15, -0.1) is 0 Å². The van der Waals surface area contributed by atoms with E-state index in [0.717, 1.165) is 16.9 Å². The van der Waals surface area contributed by atoms with Gasteiger partial charge in [0.1, 0.15) is 11.6 Å². The molecule has 8 heteroatoms. The smallest absolute Gasteiger partial charge is 0.322 e. The number of ether oxygens (including phenoxy) is 1. The summed E-state index contributed by atoms with van der Waals surface area (Å²) in [6.07, 6.45) is 0.682. The molecule has 1 N–H and O–H groups in total. The van der Waals surface area contributed by atoms with Crippen molar-refractivity contribution in [3.63, 3.8) is 0 Å². The Hall–Kier alpha value is -4.46. The van der Waals surface area contributed by atoms with Gasteiger partial charge in [-0.3, -0.25) is 4.90 Å². The normalized spacial score (nSPS) is 15.6. The number of allylic oxidation sites excluding steroid dienone is 1. The number of carbonyl (C=O) groups is 1. The van der Waals surface area contributed by atoms with Gasteiger partial charge in [0.2, 0.25) is 5.82 Å². The summed E-state index contributed by atoms with van der Waals surface area (Å²) in [5.74, 6) is 1.12. The van der Waals surface area contributed by atoms with E-state index in [1.54, 1.807) is 17.0 Å². The molecule has 7 nitrogen and oxygen atoms in total. The van der Waals surface area contributed by atoms with Crippen LogP contribution < -0.4 is 10.1 Å². The highest BCUT2D eigenvalue weighted by molar-refractivity contribution is 5.86. The monoisotopic (exact) mass is 498 g/mol. The quantitative estimate of drug-likeness (QED) is 0.322. The van der Waals surface area contributed by atoms with Gasteiger partial charge in [-0.1, -0.05) is 47.6 Å². The van der Waals surface area contributed by atoms with Crippen molar-refractivity contribution in [3.8, 4) is 17.1 Å². The molecule has 2 amide bonds. The lowest BCUT2D eigenvalue weighted by Gasteiger charge is -2.35. The Morgan fingerprint density at radius 2 is 1.76 bits per heavy atom. The fourth-order valence-electron chi connectivity index (χ4n) is 4.44. The van der Waals surface area contributed by atoms with E-state index in [9.17, 15) is 9.18 Å². The largest absolute Gasteiger partial charge is 0.494 e. The number of amides is 2. The number of rotatable bonds is 8. The second kappa shape index (κ2) is 10.7. The van der Waals surface area contributed by atoms with Gasteiger partial charge in [0.15, 0.2) is 0 Å². The minimum absolute atomic E-state index is 0.238. The number of benzene rings is 3. The molecule has 188 valence electrons. The Morgan fingerprint density at radius 3 is 2.46 bits per heavy atom. The second-order valence-corrected chi connectivity index (χ2v) is 8.70. The zero-order valence-electron chi connectivity index (χ0n) is 20.6. The minimum atomic E-state index is -0.574. The molecule has 0 saturated heterocycles. The van der Waals surface area contributed by atoms with Gasteiger partial charge in [0, 0.05) is 17.8 Å². The van der Waals surface area contributed by atoms with Crippen LogP contribution in [-0.2, 0) is 6.42 Å². The maximum absolute atomic E-state index is 13.7. The molecule has 1 atom stereocenters. The van der Waals surface area contributed by atoms with E-state index < -0.39 is 6.04 Å². The summed E-state index contributed by atoms with van der Waals surface area (Å²) < 4.78 is 24.9. The molecule has 4 aromatic rings. The van der Waals surface area contributed by atoms with Crippen LogP contribution in [0.5, 0.6) is 5.75 Å². The lowest BCUT2D eigenvalue weighted by atomic mass is 9.94. The third kappa shape index (κ3) is 5.23. The predicted molar refractivity (Wildman–Crippen MR) is 138 cm³/mol. The molecule has 0 bridgehead atoms. The molecular weight excluding hydrogens is 471 g/mol. The highest BCUT2D eigenvalue weighted by Gasteiger charge is 2.35. The standard InChI is InChI=1S/C29H27FN4O3/c1-3-36-24-15-11-22(12-16-24)27-32-28(37-33-27)25-19(2)34(18-17-20-7-5-4-6-8-20)29(35)31-26(25)21-9-13-23(30)14-10-21/h4-16,26H,3,17-18H2,1-2H3,(H,31,35). The summed E-state index contributed by atoms with van der Waals surface area (Å²) in [6.45, 7) is 4.85. The summed E-state index contributed by atoms with van der Waals surface area (Å²) in [5, 5.41) is 7.25. The Balaban J connectivity index is 1.51. The van der Waals surface area contributed by atoms with E-state index >= 15 is 0 Å². The van der Waals surface area contributed by atoms with Crippen LogP contribution in [0.3, 0.4) is 0 Å². The molecule has 3 aromatic carbocycles. The molecule has 1 aromatic heterocycles. The first-order valence-corrected chi connectivity index (χ1v) is 12.2. The molecular formula is C29H27FN4O3. The molecule has 2 heterocycles. The number of hydrogen-bond acceptors (Lipinski definition) is 5. The van der Waals surface area contributed by atoms with E-state index in [-0.39, 0.29) is 11.8 Å². The molecule has 1 aliphatic rings. The summed E-state index contributed by atoms with van der Waals surface area (Å²) in [4.78, 5) is 19.5. The maximum atomic E-state index is 13.7. The molecule has 1 aliphatic heterocycles. The molecule has 0 radical (unpaired) electrons. The fraction of sp³-hybridized carbons (Fsp3) is 0.207. The Bertz CT molecular complexity index is 1400. The SMILES string of the molecule is CCOc1ccc(-c2noc(C3=C(C)N(CCc4ccccc4)C(=O)NC3c3ccc(F)cc3)n2)cc1. The molecule has 1 unspecified atom stereocenters. The van der Waals surface area contributed by atoms with Crippen LogP contribution >= 0.6 is 0 Å². The first-order valence-electron chi connectivity index (χ1n) is 12.2. The Labute approximate surface area is 214 Å². The number of nitrogens with zero attached hydrogens (tertiary/aromatic N) is 3. The minimum Gasteiger partial charge on any atom is -0.494 e. The lowest BCUT2D eigenvalue weighted by Crippen LogP contribution is -2.46. The molecule has 0 aliphatic carbocycles. The van der Waals surface area contributed by atoms with Gasteiger partial charge in [-0.25, -0.2) is 9.18 Å². The fourth-order valence-corrected chi connectivity index (χ4v) is 4.44. The maximum Gasteiger partial charge on any atom is 0.322 e. The van der Waals surface area contributed by atoms with Gasteiger partial charge in [-0.2, -0.15) is 4.98 Å². The highest BCUT2D eigenvalue weighted by atomic mass is 19.1. The predicted octanol–water partition coefficient (Wildman–Crippen LogP) is 6.01. The van der Waals surface area contributed by atoms with Crippen molar-refractivity contribution in [2.24, 2.45) is 0 Å². The van der Waals surface area contributed by atoms with E-state index in [0.29, 0.717) is 48.1 Å². The van der Waals surface area contributed by atoms with E-state index in [2.05, 4.69) is 15.5 Å². The average Bonchev–Trinajstić information content (AvgIpc) is 3.40. The third-order valence-electron chi connectivity index (χ3n) is 6.35. The summed E-state index contributed by atoms with van der Waals surface area (Å²) in [5.41, 5.74) is 3.99. The second-order valence-electron chi connectivity index (χ2n) is 8.70. The number of urea groups is 1. The first-order chi connectivity index (χ1) is 18.0. The number of hydrogen-bond donors (Lipinski definition) is 1. The van der Waals surface area contributed by atoms with Gasteiger partial charge in [-0.05, 0) is 67.8 Å². The average molecular weight is 499 g/mol. The van der Waals surface area contributed by atoms with Crippen molar-refractivity contribution in [2.45, 2.75) is 26.3 Å². The van der Waals surface area contributed by atoms with Crippen molar-refractivity contribution in [3.05, 3.63) is 107 Å². The van der Waals surface area contributed by atoms with Crippen LogP contribution in [0.1, 0.15) is 36.9 Å². The highest BCUT2D eigenvalue weighted by Crippen LogP contribution is 2.37. The van der Waals surface area contributed by atoms with Crippen LogP contribution in [0.4, 0.5) is 9.18 Å². The van der Waals surface area contributed by atoms with Crippen LogP contribution in [0.25, 0.3) is 17.0 Å². The van der Waals surface area contributed by atoms with Gasteiger partial charge in [0.25, 0.3) is 5.89 Å². The first kappa shape index (κ1) is 24.2. The Morgan fingerprint density at radius 1 is 1.03 bits per heavy atom. The molecule has 0 fully saturated rings. The van der Waals surface area contributed by atoms with E-state index in [1.165, 1.54) is 12.1 Å². The summed E-state index contributed by atoms with van der Waals surface area (Å²) in [6, 6.07) is 22.7. The summed E-state index contributed by atoms with van der Waals surface area (Å²) >= 11 is 0. The van der Waals surface area contributed by atoms with Crippen LogP contribution in [-0.4, -0.2) is 34.2 Å². The van der Waals surface area contributed by atoms with Gasteiger partial charge >= 0.3 is 6.03 Å². The van der Waals surface area contributed by atoms with Gasteiger partial charge < -0.3 is 14.6 Å². The van der Waals surface area contributed by atoms with Gasteiger partial charge in [0.05, 0.1) is 18.2 Å². The number of carbonyl (C=O) groups excluding carboxylic acids is 1. The third-order valence-corrected chi connectivity index (χ3v) is 6.35. The molecule has 0 spiro atoms. The summed E-state index contributed by atoms with van der Waals surface area (Å²) in [7, 11) is 0. The molecule has 0 saturated carbocycles. The number of nitrogens with one attached hydrogen (secondary N) is 1. The van der Waals surface area contributed by atoms with Crippen molar-refractivity contribution in [1.29, 1.82) is 0 Å². The lowest BCUT2D eigenvalue weighted by molar-refractivity contribution is 0.205. The zero-order chi connectivity index (χ0) is 25.8. The van der Waals surface area contributed by atoms with Crippen molar-refractivity contribution >= 4 is 11.6 Å². The Kier molecular flexibility index (Phi) is 6.98. The zero-order valence-corrected chi connectivity index (χ0v) is 20.6. The van der Waals surface area contributed by atoms with Crippen LogP contribution in [0.15, 0.2) is 89.1 Å². The van der Waals surface area contributed by atoms with Crippen molar-refractivity contribution < 1.29 is 18.4 Å². The topological polar surface area (TPSA) is 80.5 Å². The molecule has 37 heavy (non-hydrogen) atoms. The number of halogens is 1. The van der Waals surface area contributed by atoms with Crippen molar-refractivity contribution in [1.82, 2.24) is 20.4 Å². The van der Waals surface area contributed by atoms with E-state index in [1.807, 2.05) is 68.4 Å². The number of aromatic nitrogens is 2. The van der Waals surface area contributed by atoms with Crippen molar-refractivity contribution in [2.75, 3.05) is 13.2 Å².